The Morgan fingerprint density at radius 2 is 1.17 bits per heavy atom. The number of halogens is 6. The molecule has 364 valence electrons. The number of aromatic carboxylic acids is 2. The van der Waals surface area contributed by atoms with Crippen LogP contribution >= 0.6 is 136 Å². The number of rotatable bonds is 22. The van der Waals surface area contributed by atoms with E-state index < -0.39 is 24.5 Å². The van der Waals surface area contributed by atoms with E-state index in [1.165, 1.54) is 14.2 Å². The number of hydrogen-bond acceptors (Lipinski definition) is 14. The van der Waals surface area contributed by atoms with Crippen molar-refractivity contribution in [2.75, 3.05) is 37.9 Å². The van der Waals surface area contributed by atoms with Crippen molar-refractivity contribution in [3.8, 4) is 11.5 Å². The van der Waals surface area contributed by atoms with Crippen LogP contribution in [0.4, 0.5) is 11.4 Å². The smallest absolute Gasteiger partial charge is 0.338 e. The van der Waals surface area contributed by atoms with Crippen LogP contribution < -0.4 is 20.1 Å². The lowest BCUT2D eigenvalue weighted by molar-refractivity contribution is -0.246. The van der Waals surface area contributed by atoms with Gasteiger partial charge < -0.3 is 59.5 Å². The predicted molar refractivity (Wildman–Crippen MR) is 295 cm³/mol. The quantitative estimate of drug-likeness (QED) is 0.0366. The van der Waals surface area contributed by atoms with E-state index in [0.717, 1.165) is 19.3 Å². The second-order valence-corrected chi connectivity index (χ2v) is 22.5. The fourth-order valence-electron chi connectivity index (χ4n) is 6.11. The largest absolute Gasteiger partial charge is 0.478 e. The molecular weight excluding hydrogens is 1520 g/mol. The Labute approximate surface area is 458 Å². The molecule has 0 spiro atoms. The maximum Gasteiger partial charge on any atom is 0.338 e. The van der Waals surface area contributed by atoms with Crippen LogP contribution in [0.5, 0.6) is 11.5 Å². The van der Waals surface area contributed by atoms with Crippen molar-refractivity contribution >= 4 is 172 Å². The van der Waals surface area contributed by atoms with Gasteiger partial charge in [-0.25, -0.2) is 9.59 Å². The molecule has 0 saturated carbocycles. The Balaban J connectivity index is 0.000000527. The molecular formula is C42H60I6N2O14. The third kappa shape index (κ3) is 19.8. The number of anilines is 2. The molecule has 3 rings (SSSR count). The number of nitrogens with one attached hydrogen (secondary N) is 2. The predicted octanol–water partition coefficient (Wildman–Crippen LogP) is 9.91. The summed E-state index contributed by atoms with van der Waals surface area (Å²) in [4.78, 5) is 44.9. The van der Waals surface area contributed by atoms with E-state index in [1.807, 2.05) is 127 Å². The van der Waals surface area contributed by atoms with Crippen molar-refractivity contribution in [2.45, 2.75) is 118 Å². The number of benzene rings is 2. The number of aliphatic hydroxyl groups excluding tert-OH is 2. The molecule has 2 aromatic carbocycles. The zero-order valence-electron chi connectivity index (χ0n) is 37.3. The van der Waals surface area contributed by atoms with Gasteiger partial charge in [0.15, 0.2) is 24.1 Å². The molecule has 1 aliphatic heterocycles. The van der Waals surface area contributed by atoms with Crippen LogP contribution in [0.2, 0.25) is 0 Å². The first kappa shape index (κ1) is 62.1. The van der Waals surface area contributed by atoms with Gasteiger partial charge in [0.05, 0.1) is 81.4 Å². The van der Waals surface area contributed by atoms with Gasteiger partial charge in [-0.1, -0.05) is 55.4 Å². The van der Waals surface area contributed by atoms with E-state index in [2.05, 4.69) is 74.8 Å². The van der Waals surface area contributed by atoms with Gasteiger partial charge in [-0.05, 0) is 178 Å². The lowest BCUT2D eigenvalue weighted by atomic mass is 9.95. The highest BCUT2D eigenvalue weighted by Gasteiger charge is 2.33. The van der Waals surface area contributed by atoms with Gasteiger partial charge in [0, 0.05) is 20.6 Å². The van der Waals surface area contributed by atoms with Crippen LogP contribution in [-0.4, -0.2) is 110 Å². The fourth-order valence-corrected chi connectivity index (χ4v) is 14.6. The highest BCUT2D eigenvalue weighted by atomic mass is 127. The van der Waals surface area contributed by atoms with Crippen LogP contribution in [0.25, 0.3) is 0 Å². The van der Waals surface area contributed by atoms with E-state index in [9.17, 15) is 39.6 Å². The van der Waals surface area contributed by atoms with Crippen LogP contribution in [0.15, 0.2) is 0 Å². The maximum atomic E-state index is 11.8. The minimum Gasteiger partial charge on any atom is -0.478 e. The molecule has 5 unspecified atom stereocenters. The fraction of sp³-hybridized carbons (Fsp3) is 0.619. The van der Waals surface area contributed by atoms with Crippen LogP contribution in [0.1, 0.15) is 102 Å². The summed E-state index contributed by atoms with van der Waals surface area (Å²) in [6.07, 6.45) is 1.69. The number of methoxy groups -OCH3 is 2. The molecule has 6 N–H and O–H groups in total. The maximum absolute atomic E-state index is 11.8. The number of carboxylic acids is 2. The molecule has 1 aliphatic rings. The van der Waals surface area contributed by atoms with Gasteiger partial charge in [-0.2, -0.15) is 0 Å². The van der Waals surface area contributed by atoms with E-state index in [1.54, 1.807) is 0 Å². The van der Waals surface area contributed by atoms with Gasteiger partial charge in [0.1, 0.15) is 0 Å². The first-order valence-corrected chi connectivity index (χ1v) is 26.6. The van der Waals surface area contributed by atoms with Gasteiger partial charge in [0.2, 0.25) is 0 Å². The molecule has 0 aliphatic carbocycles. The van der Waals surface area contributed by atoms with Gasteiger partial charge >= 0.3 is 11.9 Å². The molecule has 64 heavy (non-hydrogen) atoms. The lowest BCUT2D eigenvalue weighted by Gasteiger charge is -2.38. The van der Waals surface area contributed by atoms with Crippen LogP contribution in [0.3, 0.4) is 0 Å². The normalized spacial score (nSPS) is 17.0. The Hall–Kier alpha value is 0.0600. The van der Waals surface area contributed by atoms with Crippen molar-refractivity contribution in [1.82, 2.24) is 0 Å². The molecule has 0 amide bonds. The summed E-state index contributed by atoms with van der Waals surface area (Å²) in [6, 6.07) is 0. The summed E-state index contributed by atoms with van der Waals surface area (Å²) in [5.41, 5.74) is 1.31. The Kier molecular flexibility index (Phi) is 30.4. The molecule has 0 aromatic heterocycles. The summed E-state index contributed by atoms with van der Waals surface area (Å²) in [5.74, 6) is -0.103. The first-order valence-electron chi connectivity index (χ1n) is 20.2. The number of carbonyl (C=O) groups is 4. The number of ether oxygens (including phenoxy) is 6. The Morgan fingerprint density at radius 3 is 1.55 bits per heavy atom. The molecule has 0 bridgehead atoms. The molecule has 22 heteroatoms. The molecule has 1 saturated heterocycles. The monoisotopic (exact) mass is 1580 g/mol. The number of aliphatic hydroxyl groups is 2. The molecule has 1 fully saturated rings. The number of carboxylic acid groups (broad SMARTS) is 2. The van der Waals surface area contributed by atoms with Crippen molar-refractivity contribution in [1.29, 1.82) is 0 Å². The second-order valence-electron chi connectivity index (χ2n) is 16.0. The van der Waals surface area contributed by atoms with E-state index in [4.69, 9.17) is 28.4 Å². The third-order valence-electron chi connectivity index (χ3n) is 9.40. The number of carbonyl (C=O) groups excluding carboxylic acids is 2. The summed E-state index contributed by atoms with van der Waals surface area (Å²) in [5, 5.41) is 44.3. The summed E-state index contributed by atoms with van der Waals surface area (Å²) in [7, 11) is 3.01. The topological polar surface area (TPSA) is 229 Å². The second kappa shape index (κ2) is 31.3. The van der Waals surface area contributed by atoms with Crippen molar-refractivity contribution in [3.63, 3.8) is 0 Å². The Morgan fingerprint density at radius 1 is 0.703 bits per heavy atom. The van der Waals surface area contributed by atoms with Crippen LogP contribution in [-0.2, 0) is 28.5 Å². The molecule has 1 heterocycles. The van der Waals surface area contributed by atoms with Crippen molar-refractivity contribution < 1.29 is 68.0 Å². The minimum absolute atomic E-state index is 0.0762. The minimum atomic E-state index is -1.10. The molecule has 0 radical (unpaired) electrons. The lowest BCUT2D eigenvalue weighted by Crippen LogP contribution is -2.44. The SMILES string of the molecule is CC(C)CC(O)CC(O)C(C)C.CC(C)CC1CC(C(C)C)OC(CNc2c(I)c(OC=O)c(I)c(C(=O)O)c2I)O1.COC(CNc1c(I)c(OC=O)c(I)c(C(=O)O)c1I)OC. The van der Waals surface area contributed by atoms with E-state index in [-0.39, 0.29) is 59.4 Å². The highest BCUT2D eigenvalue weighted by molar-refractivity contribution is 14.1. The first-order chi connectivity index (χ1) is 29.9. The zero-order chi connectivity index (χ0) is 49.2. The van der Waals surface area contributed by atoms with Crippen molar-refractivity contribution in [2.24, 2.45) is 23.7 Å². The Bertz CT molecular complexity index is 1830. The molecule has 16 nitrogen and oxygen atoms in total. The molecule has 2 aromatic rings. The van der Waals surface area contributed by atoms with Crippen LogP contribution in [0, 0.1) is 45.1 Å². The van der Waals surface area contributed by atoms with Gasteiger partial charge in [-0.3, -0.25) is 9.59 Å². The highest BCUT2D eigenvalue weighted by Crippen LogP contribution is 2.42. The number of hydrogen-bond donors (Lipinski definition) is 6. The van der Waals surface area contributed by atoms with E-state index >= 15 is 0 Å². The van der Waals surface area contributed by atoms with E-state index in [0.29, 0.717) is 76.5 Å². The van der Waals surface area contributed by atoms with Gasteiger partial charge in [-0.15, -0.1) is 0 Å². The average molecular weight is 1580 g/mol. The average Bonchev–Trinajstić information content (AvgIpc) is 3.19. The standard InChI is InChI=1S/C20H26I3NO6.C12H12I3NO6.C10H22O2/c1-9(2)5-11-6-12(10(3)4)30-13(29-11)7-24-18-15(21)14(20(26)27)16(22)19(17(18)23)28-8-25;1-20-5(21-2)3-16-10-7(13)6(12(18)19)8(14)11(9(10)15)22-4-17;1-7(2)5-9(11)6-10(12)8(3)4/h8-13,24H,5-7H2,1-4H3,(H,26,27);4-5,16H,3H2,1-2H3,(H,18,19);7-12H,5-6H2,1-4H3. The third-order valence-corrected chi connectivity index (χ3v) is 15.7. The molecule has 5 atom stereocenters. The summed E-state index contributed by atoms with van der Waals surface area (Å²) >= 11 is 11.7. The summed E-state index contributed by atoms with van der Waals surface area (Å²) in [6.45, 7) is 17.9. The van der Waals surface area contributed by atoms with Crippen molar-refractivity contribution in [3.05, 3.63) is 32.5 Å². The zero-order valence-corrected chi connectivity index (χ0v) is 50.3. The summed E-state index contributed by atoms with van der Waals surface area (Å²) < 4.78 is 35.6. The van der Waals surface area contributed by atoms with Gasteiger partial charge in [0.25, 0.3) is 12.9 Å².